The third kappa shape index (κ3) is 2.99. The zero-order valence-electron chi connectivity index (χ0n) is 15.8. The number of anilines is 1. The molecule has 1 aromatic heterocycles. The normalized spacial score (nSPS) is 17.6. The van der Waals surface area contributed by atoms with Crippen LogP contribution in [0.25, 0.3) is 10.9 Å². The van der Waals surface area contributed by atoms with Crippen molar-refractivity contribution in [3.8, 4) is 0 Å². The highest BCUT2D eigenvalue weighted by atomic mass is 32.2. The molecule has 6 nitrogen and oxygen atoms in total. The third-order valence-corrected chi connectivity index (χ3v) is 6.91. The molecule has 7 heteroatoms. The van der Waals surface area contributed by atoms with E-state index in [2.05, 4.69) is 20.8 Å². The lowest BCUT2D eigenvalue weighted by Crippen LogP contribution is -2.18. The molecule has 1 atom stereocenters. The minimum atomic E-state index is -1.66. The number of benzene rings is 2. The van der Waals surface area contributed by atoms with Gasteiger partial charge < -0.3 is 19.0 Å². The summed E-state index contributed by atoms with van der Waals surface area (Å²) in [7, 11) is 0.214. The van der Waals surface area contributed by atoms with E-state index in [9.17, 15) is 9.32 Å². The lowest BCUT2D eigenvalue weighted by molar-refractivity contribution is 0.216. The van der Waals surface area contributed by atoms with Gasteiger partial charge in [-0.2, -0.15) is 15.7 Å². The van der Waals surface area contributed by atoms with Crippen LogP contribution in [0.1, 0.15) is 35.1 Å². The SMILES string of the molecule is Cn1ncc2cc([S-](=O)=NC(O)Nc3c4c(cc5c3CCC5)CCC4)ccc21. The molecule has 1 unspecified atom stereocenters. The first-order valence-electron chi connectivity index (χ1n) is 9.76. The van der Waals surface area contributed by atoms with Gasteiger partial charge in [0.2, 0.25) is 6.35 Å². The first kappa shape index (κ1) is 17.7. The topological polar surface area (TPSA) is 79.5 Å². The Labute approximate surface area is 165 Å². The predicted octanol–water partition coefficient (Wildman–Crippen LogP) is 3.45. The number of nitrogens with one attached hydrogen (secondary N) is 1. The van der Waals surface area contributed by atoms with Crippen LogP contribution in [-0.4, -0.2) is 21.2 Å². The van der Waals surface area contributed by atoms with E-state index in [-0.39, 0.29) is 0 Å². The van der Waals surface area contributed by atoms with E-state index in [1.54, 1.807) is 16.9 Å². The molecule has 2 N–H and O–H groups in total. The Hall–Kier alpha value is -2.38. The molecule has 2 aromatic carbocycles. The highest BCUT2D eigenvalue weighted by Crippen LogP contribution is 2.38. The van der Waals surface area contributed by atoms with Crippen LogP contribution >= 0.6 is 0 Å². The summed E-state index contributed by atoms with van der Waals surface area (Å²) < 4.78 is 18.5. The Morgan fingerprint density at radius 3 is 2.57 bits per heavy atom. The predicted molar refractivity (Wildman–Crippen MR) is 110 cm³/mol. The highest BCUT2D eigenvalue weighted by molar-refractivity contribution is 7.74. The maximum absolute atomic E-state index is 12.7. The van der Waals surface area contributed by atoms with Crippen LogP contribution in [0.15, 0.2) is 39.7 Å². The number of aliphatic hydroxyl groups excluding tert-OH is 1. The van der Waals surface area contributed by atoms with E-state index < -0.39 is 16.9 Å². The number of nitrogens with zero attached hydrogens (tertiary/aromatic N) is 3. The molecule has 3 aromatic rings. The van der Waals surface area contributed by atoms with Gasteiger partial charge in [-0.15, -0.1) is 0 Å². The molecule has 0 saturated carbocycles. The van der Waals surface area contributed by atoms with Gasteiger partial charge >= 0.3 is 0 Å². The second-order valence-corrected chi connectivity index (χ2v) is 8.78. The monoisotopic (exact) mass is 395 g/mol. The molecule has 0 bridgehead atoms. The largest absolute Gasteiger partial charge is 0.440 e. The van der Waals surface area contributed by atoms with E-state index in [0.29, 0.717) is 4.90 Å². The number of aryl methyl sites for hydroxylation is 3. The number of aromatic nitrogens is 2. The van der Waals surface area contributed by atoms with Gasteiger partial charge in [0, 0.05) is 18.1 Å². The van der Waals surface area contributed by atoms with Crippen LogP contribution in [0.5, 0.6) is 0 Å². The van der Waals surface area contributed by atoms with Gasteiger partial charge in [0.1, 0.15) is 0 Å². The summed E-state index contributed by atoms with van der Waals surface area (Å²) >= 11 is 0. The summed E-state index contributed by atoms with van der Waals surface area (Å²) in [6, 6.07) is 7.81. The molecule has 0 spiro atoms. The minimum Gasteiger partial charge on any atom is -0.440 e. The van der Waals surface area contributed by atoms with Crippen molar-refractivity contribution in [3.05, 3.63) is 52.7 Å². The smallest absolute Gasteiger partial charge is 0.201 e. The number of rotatable bonds is 4. The summed E-state index contributed by atoms with van der Waals surface area (Å²) in [6.07, 6.45) is 7.08. The summed E-state index contributed by atoms with van der Waals surface area (Å²) in [5, 5.41) is 18.8. The molecule has 0 radical (unpaired) electrons. The van der Waals surface area contributed by atoms with Gasteiger partial charge in [-0.25, -0.2) is 0 Å². The second-order valence-electron chi connectivity index (χ2n) is 7.60. The lowest BCUT2D eigenvalue weighted by atomic mass is 9.99. The Bertz CT molecular complexity index is 1130. The van der Waals surface area contributed by atoms with Crippen molar-refractivity contribution in [1.29, 1.82) is 0 Å². The first-order chi connectivity index (χ1) is 13.6. The van der Waals surface area contributed by atoms with Crippen molar-refractivity contribution < 1.29 is 9.32 Å². The number of fused-ring (bicyclic) bond motifs is 3. The van der Waals surface area contributed by atoms with Crippen LogP contribution in [-0.2, 0) is 47.5 Å². The zero-order chi connectivity index (χ0) is 19.3. The van der Waals surface area contributed by atoms with Crippen LogP contribution < -0.4 is 5.32 Å². The van der Waals surface area contributed by atoms with Crippen molar-refractivity contribution in [2.75, 3.05) is 5.32 Å². The molecule has 0 fully saturated rings. The van der Waals surface area contributed by atoms with E-state index in [4.69, 9.17) is 0 Å². The van der Waals surface area contributed by atoms with E-state index in [0.717, 1.165) is 55.1 Å². The molecule has 2 aliphatic carbocycles. The molecule has 0 aliphatic heterocycles. The highest BCUT2D eigenvalue weighted by Gasteiger charge is 2.24. The summed E-state index contributed by atoms with van der Waals surface area (Å²) in [5.74, 6) is 0. The molecule has 2 aliphatic rings. The summed E-state index contributed by atoms with van der Waals surface area (Å²) in [4.78, 5) is 0.560. The Balaban J connectivity index is 1.44. The molecule has 28 heavy (non-hydrogen) atoms. The molecule has 1 heterocycles. The van der Waals surface area contributed by atoms with E-state index >= 15 is 0 Å². The van der Waals surface area contributed by atoms with Gasteiger partial charge in [0.25, 0.3) is 0 Å². The maximum Gasteiger partial charge on any atom is 0.201 e. The molecular weight excluding hydrogens is 372 g/mol. The fourth-order valence-electron chi connectivity index (χ4n) is 4.55. The van der Waals surface area contributed by atoms with Crippen molar-refractivity contribution in [1.82, 2.24) is 9.78 Å². The maximum atomic E-state index is 12.7. The van der Waals surface area contributed by atoms with Gasteiger partial charge in [-0.05, 0) is 66.8 Å². The van der Waals surface area contributed by atoms with Crippen LogP contribution in [0.2, 0.25) is 0 Å². The quantitative estimate of drug-likeness (QED) is 0.524. The van der Waals surface area contributed by atoms with Gasteiger partial charge in [0.05, 0.1) is 11.7 Å². The Morgan fingerprint density at radius 1 is 1.14 bits per heavy atom. The first-order valence-corrected chi connectivity index (χ1v) is 10.9. The minimum absolute atomic E-state index is 0.560. The molecule has 146 valence electrons. The third-order valence-electron chi connectivity index (χ3n) is 5.86. The zero-order valence-corrected chi connectivity index (χ0v) is 16.6. The summed E-state index contributed by atoms with van der Waals surface area (Å²) in [5.41, 5.74) is 7.38. The summed E-state index contributed by atoms with van der Waals surface area (Å²) in [6.45, 7) is 0. The molecular formula is C21H23N4O2S-. The molecule has 0 amide bonds. The molecule has 5 rings (SSSR count). The van der Waals surface area contributed by atoms with Gasteiger partial charge in [0.15, 0.2) is 0 Å². The van der Waals surface area contributed by atoms with E-state index in [1.807, 2.05) is 19.2 Å². The number of hydrogen-bond acceptors (Lipinski definition) is 6. The Kier molecular flexibility index (Phi) is 4.36. The van der Waals surface area contributed by atoms with Crippen molar-refractivity contribution >= 4 is 27.2 Å². The lowest BCUT2D eigenvalue weighted by Gasteiger charge is -2.20. The fourth-order valence-corrected chi connectivity index (χ4v) is 5.32. The van der Waals surface area contributed by atoms with Crippen LogP contribution in [0.3, 0.4) is 0 Å². The number of hydrogen-bond donors (Lipinski definition) is 2. The van der Waals surface area contributed by atoms with Crippen molar-refractivity contribution in [2.24, 2.45) is 11.4 Å². The van der Waals surface area contributed by atoms with Crippen LogP contribution in [0, 0.1) is 0 Å². The molecule has 0 saturated heterocycles. The van der Waals surface area contributed by atoms with Crippen molar-refractivity contribution in [3.63, 3.8) is 0 Å². The number of aliphatic hydroxyl groups is 1. The Morgan fingerprint density at radius 2 is 1.86 bits per heavy atom. The average molecular weight is 396 g/mol. The second kappa shape index (κ2) is 6.90. The standard InChI is InChI=1S/C21H23N4O2S/c1-25-19-9-8-16(11-15(19)12-22-25)28(27)24-21(26)23-20-17-6-2-4-13(17)10-14-5-3-7-18(14)20/h8-12,21,23,26H,2-7H2,1H3/q-1. The van der Waals surface area contributed by atoms with Crippen LogP contribution in [0.4, 0.5) is 5.69 Å². The fraction of sp³-hybridized carbons (Fsp3) is 0.381. The van der Waals surface area contributed by atoms with E-state index in [1.165, 1.54) is 22.3 Å². The van der Waals surface area contributed by atoms with Gasteiger partial charge in [-0.3, -0.25) is 4.68 Å². The van der Waals surface area contributed by atoms with Gasteiger partial charge in [-0.1, -0.05) is 23.1 Å². The average Bonchev–Trinajstić information content (AvgIpc) is 3.41. The van der Waals surface area contributed by atoms with Crippen molar-refractivity contribution in [2.45, 2.75) is 49.8 Å².